The lowest BCUT2D eigenvalue weighted by Gasteiger charge is -2.29. The molecule has 2 heteroatoms. The predicted molar refractivity (Wildman–Crippen MR) is 40.2 cm³/mol. The van der Waals surface area contributed by atoms with E-state index in [2.05, 4.69) is 13.0 Å². The third-order valence-corrected chi connectivity index (χ3v) is 2.39. The summed E-state index contributed by atoms with van der Waals surface area (Å²) in [5.41, 5.74) is 5.27. The van der Waals surface area contributed by atoms with E-state index in [1.54, 1.807) is 0 Å². The largest absolute Gasteiger partial charge is 0.313 e. The molecule has 0 spiro atoms. The van der Waals surface area contributed by atoms with E-state index in [9.17, 15) is 0 Å². The molecule has 0 aromatic rings. The van der Waals surface area contributed by atoms with Gasteiger partial charge in [0.05, 0.1) is 6.07 Å². The molecular weight excluding hydrogens is 124 g/mol. The van der Waals surface area contributed by atoms with Crippen LogP contribution in [0.2, 0.25) is 0 Å². The Bertz CT molecular complexity index is 149. The molecule has 0 aromatic carbocycles. The van der Waals surface area contributed by atoms with Crippen LogP contribution in [-0.4, -0.2) is 5.54 Å². The third kappa shape index (κ3) is 1.48. The fraction of sp³-hybridized carbons (Fsp3) is 0.875. The first-order valence-corrected chi connectivity index (χ1v) is 3.86. The van der Waals surface area contributed by atoms with Crippen LogP contribution in [0.5, 0.6) is 0 Å². The lowest BCUT2D eigenvalue weighted by Crippen LogP contribution is -2.41. The van der Waals surface area contributed by atoms with E-state index < -0.39 is 5.54 Å². The lowest BCUT2D eigenvalue weighted by molar-refractivity contribution is 0.297. The quantitative estimate of drug-likeness (QED) is 0.550. The van der Waals surface area contributed by atoms with Crippen LogP contribution in [0.15, 0.2) is 0 Å². The third-order valence-electron chi connectivity index (χ3n) is 2.39. The van der Waals surface area contributed by atoms with Crippen LogP contribution in [0.3, 0.4) is 0 Å². The molecule has 1 aliphatic carbocycles. The minimum Gasteiger partial charge on any atom is -0.313 e. The number of nitrogens with two attached hydrogens (primary N) is 1. The zero-order valence-electron chi connectivity index (χ0n) is 6.43. The van der Waals surface area contributed by atoms with Gasteiger partial charge in [-0.05, 0) is 31.6 Å². The van der Waals surface area contributed by atoms with Crippen molar-refractivity contribution in [2.45, 2.75) is 38.1 Å². The van der Waals surface area contributed by atoms with Crippen molar-refractivity contribution >= 4 is 0 Å². The highest BCUT2D eigenvalue weighted by molar-refractivity contribution is 5.06. The van der Waals surface area contributed by atoms with Crippen LogP contribution in [0, 0.1) is 17.2 Å². The molecule has 0 saturated heterocycles. The summed E-state index contributed by atoms with van der Waals surface area (Å²) >= 11 is 0. The van der Waals surface area contributed by atoms with Gasteiger partial charge in [-0.15, -0.1) is 0 Å². The Balaban J connectivity index is 2.48. The Labute approximate surface area is 62.0 Å². The maximum Gasteiger partial charge on any atom is 0.104 e. The Morgan fingerprint density at radius 1 is 1.50 bits per heavy atom. The molecule has 56 valence electrons. The van der Waals surface area contributed by atoms with Crippen molar-refractivity contribution in [3.05, 3.63) is 0 Å². The van der Waals surface area contributed by atoms with Gasteiger partial charge >= 0.3 is 0 Å². The summed E-state index contributed by atoms with van der Waals surface area (Å²) < 4.78 is 0. The first-order chi connectivity index (χ1) is 4.66. The highest BCUT2D eigenvalue weighted by Gasteiger charge is 2.29. The highest BCUT2D eigenvalue weighted by atomic mass is 14.7. The summed E-state index contributed by atoms with van der Waals surface area (Å²) in [4.78, 5) is 0. The molecule has 0 unspecified atom stereocenters. The summed E-state index contributed by atoms with van der Waals surface area (Å²) in [5, 5.41) is 8.66. The predicted octanol–water partition coefficient (Wildman–Crippen LogP) is 1.42. The second-order valence-electron chi connectivity index (χ2n) is 3.45. The Morgan fingerprint density at radius 2 is 2.00 bits per heavy atom. The molecule has 2 nitrogen and oxygen atoms in total. The first-order valence-electron chi connectivity index (χ1n) is 3.86. The topological polar surface area (TPSA) is 49.8 Å². The van der Waals surface area contributed by atoms with Crippen LogP contribution in [0.25, 0.3) is 0 Å². The molecule has 1 rings (SSSR count). The van der Waals surface area contributed by atoms with Gasteiger partial charge in [-0.25, -0.2) is 0 Å². The first kappa shape index (κ1) is 7.56. The average molecular weight is 138 g/mol. The van der Waals surface area contributed by atoms with E-state index in [0.29, 0.717) is 0 Å². The maximum atomic E-state index is 8.66. The maximum absolute atomic E-state index is 8.66. The molecule has 2 N–H and O–H groups in total. The summed E-state index contributed by atoms with van der Waals surface area (Å²) in [5.74, 6) is 0.769. The zero-order chi connectivity index (χ0) is 7.61. The van der Waals surface area contributed by atoms with E-state index in [1.807, 2.05) is 0 Å². The molecule has 0 amide bonds. The summed E-state index contributed by atoms with van der Waals surface area (Å²) in [6.45, 7) is 2.22. The van der Waals surface area contributed by atoms with Gasteiger partial charge in [0.15, 0.2) is 0 Å². The van der Waals surface area contributed by atoms with Crippen molar-refractivity contribution in [2.75, 3.05) is 0 Å². The summed E-state index contributed by atoms with van der Waals surface area (Å²) in [6.07, 6.45) is 3.99. The molecule has 10 heavy (non-hydrogen) atoms. The number of hydrogen-bond acceptors (Lipinski definition) is 2. The van der Waals surface area contributed by atoms with Crippen molar-refractivity contribution in [3.63, 3.8) is 0 Å². The van der Waals surface area contributed by atoms with E-state index in [-0.39, 0.29) is 0 Å². The van der Waals surface area contributed by atoms with E-state index >= 15 is 0 Å². The second-order valence-corrected chi connectivity index (χ2v) is 3.45. The normalized spacial score (nSPS) is 40.7. The van der Waals surface area contributed by atoms with Crippen molar-refractivity contribution < 1.29 is 0 Å². The fourth-order valence-corrected chi connectivity index (χ4v) is 1.39. The summed E-state index contributed by atoms with van der Waals surface area (Å²) in [6, 6.07) is 2.18. The number of nitriles is 1. The molecule has 1 aliphatic rings. The van der Waals surface area contributed by atoms with Gasteiger partial charge in [0.2, 0.25) is 0 Å². The van der Waals surface area contributed by atoms with Crippen LogP contribution in [-0.2, 0) is 0 Å². The molecule has 0 radical (unpaired) electrons. The van der Waals surface area contributed by atoms with Crippen LogP contribution in [0.1, 0.15) is 32.6 Å². The van der Waals surface area contributed by atoms with Crippen molar-refractivity contribution in [3.8, 4) is 6.07 Å². The minimum atomic E-state index is -0.494. The molecular formula is C8H14N2. The van der Waals surface area contributed by atoms with Gasteiger partial charge < -0.3 is 5.73 Å². The van der Waals surface area contributed by atoms with Gasteiger partial charge in [0.25, 0.3) is 0 Å². The van der Waals surface area contributed by atoms with Gasteiger partial charge in [-0.3, -0.25) is 0 Å². The molecule has 0 atom stereocenters. The Kier molecular flexibility index (Phi) is 1.96. The number of rotatable bonds is 0. The molecule has 0 aliphatic heterocycles. The van der Waals surface area contributed by atoms with Crippen LogP contribution < -0.4 is 5.73 Å². The Hall–Kier alpha value is -0.550. The van der Waals surface area contributed by atoms with Crippen molar-refractivity contribution in [1.82, 2.24) is 0 Å². The molecule has 0 heterocycles. The standard InChI is InChI=1S/C8H14N2/c1-7-2-4-8(10,6-9)5-3-7/h7H,2-5,10H2,1H3. The van der Waals surface area contributed by atoms with Gasteiger partial charge in [0, 0.05) is 0 Å². The zero-order valence-corrected chi connectivity index (χ0v) is 6.43. The molecule has 1 saturated carbocycles. The number of nitrogens with zero attached hydrogens (tertiary/aromatic N) is 1. The molecule has 1 fully saturated rings. The van der Waals surface area contributed by atoms with Crippen molar-refractivity contribution in [2.24, 2.45) is 11.7 Å². The summed E-state index contributed by atoms with van der Waals surface area (Å²) in [7, 11) is 0. The smallest absolute Gasteiger partial charge is 0.104 e. The fourth-order valence-electron chi connectivity index (χ4n) is 1.39. The van der Waals surface area contributed by atoms with Crippen LogP contribution in [0.4, 0.5) is 0 Å². The molecule has 0 aromatic heterocycles. The van der Waals surface area contributed by atoms with E-state index in [1.165, 1.54) is 0 Å². The monoisotopic (exact) mass is 138 g/mol. The average Bonchev–Trinajstić information content (AvgIpc) is 1.96. The molecule has 0 bridgehead atoms. The van der Waals surface area contributed by atoms with E-state index in [4.69, 9.17) is 11.0 Å². The van der Waals surface area contributed by atoms with Crippen molar-refractivity contribution in [1.29, 1.82) is 5.26 Å². The Morgan fingerprint density at radius 3 is 2.40 bits per heavy atom. The minimum absolute atomic E-state index is 0.494. The van der Waals surface area contributed by atoms with E-state index in [0.717, 1.165) is 31.6 Å². The SMILES string of the molecule is CC1CCC(N)(C#N)CC1. The van der Waals surface area contributed by atoms with Gasteiger partial charge in [0.1, 0.15) is 5.54 Å². The van der Waals surface area contributed by atoms with Crippen LogP contribution >= 0.6 is 0 Å². The number of hydrogen-bond donors (Lipinski definition) is 1. The second kappa shape index (κ2) is 2.59. The van der Waals surface area contributed by atoms with Gasteiger partial charge in [-0.1, -0.05) is 6.92 Å². The lowest BCUT2D eigenvalue weighted by atomic mass is 9.79. The highest BCUT2D eigenvalue weighted by Crippen LogP contribution is 2.29. The van der Waals surface area contributed by atoms with Gasteiger partial charge in [-0.2, -0.15) is 5.26 Å².